The Balaban J connectivity index is 1.59. The monoisotopic (exact) mass is 449 g/mol. The van der Waals surface area contributed by atoms with Crippen molar-refractivity contribution in [2.45, 2.75) is 30.7 Å². The number of hydrogen-bond donors (Lipinski definition) is 1. The number of aromatic nitrogens is 2. The molecule has 0 saturated carbocycles. The molecule has 0 radical (unpaired) electrons. The van der Waals surface area contributed by atoms with Gasteiger partial charge in [0, 0.05) is 24.6 Å². The van der Waals surface area contributed by atoms with Crippen LogP contribution in [-0.4, -0.2) is 36.3 Å². The molecule has 2 heterocycles. The average Bonchev–Trinajstić information content (AvgIpc) is 3.17. The Morgan fingerprint density at radius 2 is 2.10 bits per heavy atom. The van der Waals surface area contributed by atoms with Gasteiger partial charge in [-0.1, -0.05) is 23.0 Å². The second kappa shape index (κ2) is 10.8. The number of amides is 1. The van der Waals surface area contributed by atoms with Gasteiger partial charge in [-0.15, -0.1) is 0 Å². The zero-order valence-electron chi connectivity index (χ0n) is 16.9. The predicted octanol–water partition coefficient (Wildman–Crippen LogP) is 4.25. The number of nitrogens with zero attached hydrogens (tertiary/aromatic N) is 2. The van der Waals surface area contributed by atoms with Gasteiger partial charge < -0.3 is 19.3 Å². The third-order valence-electron chi connectivity index (χ3n) is 4.19. The first-order valence-corrected chi connectivity index (χ1v) is 10.3. The van der Waals surface area contributed by atoms with E-state index in [1.807, 2.05) is 13.0 Å². The molecule has 31 heavy (non-hydrogen) atoms. The van der Waals surface area contributed by atoms with Crippen molar-refractivity contribution in [1.82, 2.24) is 15.5 Å². The van der Waals surface area contributed by atoms with E-state index < -0.39 is 6.61 Å². The Kier molecular flexibility index (Phi) is 7.82. The summed E-state index contributed by atoms with van der Waals surface area (Å²) >= 11 is 1.39. The van der Waals surface area contributed by atoms with Crippen molar-refractivity contribution >= 4 is 17.7 Å². The maximum atomic E-state index is 12.6. The molecule has 10 heteroatoms. The number of nitrogens with one attached hydrogen (secondary N) is 1. The van der Waals surface area contributed by atoms with Gasteiger partial charge in [-0.05, 0) is 43.2 Å². The number of ether oxygens (including phenoxy) is 2. The number of carbonyl (C=O) groups is 1. The largest absolute Gasteiger partial charge is 0.493 e. The Morgan fingerprint density at radius 1 is 1.26 bits per heavy atom. The number of pyridine rings is 1. The second-order valence-electron chi connectivity index (χ2n) is 6.44. The van der Waals surface area contributed by atoms with E-state index >= 15 is 0 Å². The standard InChI is InChI=1S/C21H21F2N3O4S/c1-13-10-15(26-30-13)12-31-20-16(4-3-8-25-20)19(27)24-9-7-14-5-6-17(28-2)18(11-14)29-21(22)23/h3-6,8,10-11,21H,7,9,12H2,1-2H3,(H,24,27). The van der Waals surface area contributed by atoms with Gasteiger partial charge in [0.05, 0.1) is 18.4 Å². The molecule has 7 nitrogen and oxygen atoms in total. The fourth-order valence-corrected chi connectivity index (χ4v) is 3.66. The molecule has 0 aliphatic rings. The van der Waals surface area contributed by atoms with Gasteiger partial charge in [0.15, 0.2) is 11.5 Å². The summed E-state index contributed by atoms with van der Waals surface area (Å²) in [6, 6.07) is 9.97. The lowest BCUT2D eigenvalue weighted by Crippen LogP contribution is -2.26. The highest BCUT2D eigenvalue weighted by molar-refractivity contribution is 7.98. The normalized spacial score (nSPS) is 10.9. The molecule has 164 valence electrons. The van der Waals surface area contributed by atoms with Gasteiger partial charge in [-0.2, -0.15) is 8.78 Å². The quantitative estimate of drug-likeness (QED) is 0.463. The van der Waals surface area contributed by atoms with Crippen LogP contribution in [0.25, 0.3) is 0 Å². The second-order valence-corrected chi connectivity index (χ2v) is 7.41. The van der Waals surface area contributed by atoms with Crippen LogP contribution in [-0.2, 0) is 12.2 Å². The molecule has 0 saturated heterocycles. The van der Waals surface area contributed by atoms with E-state index in [2.05, 4.69) is 20.2 Å². The van der Waals surface area contributed by atoms with Crippen LogP contribution in [0.3, 0.4) is 0 Å². The van der Waals surface area contributed by atoms with Crippen LogP contribution >= 0.6 is 11.8 Å². The van der Waals surface area contributed by atoms with Crippen molar-refractivity contribution in [1.29, 1.82) is 0 Å². The Hall–Kier alpha value is -3.14. The number of rotatable bonds is 10. The number of carbonyl (C=O) groups excluding carboxylic acids is 1. The van der Waals surface area contributed by atoms with Gasteiger partial charge in [0.25, 0.3) is 5.91 Å². The minimum atomic E-state index is -2.95. The number of thioether (sulfide) groups is 1. The molecule has 3 rings (SSSR count). The number of benzene rings is 1. The first-order chi connectivity index (χ1) is 15.0. The summed E-state index contributed by atoms with van der Waals surface area (Å²) in [5.74, 6) is 1.13. The predicted molar refractivity (Wildman–Crippen MR) is 111 cm³/mol. The molecule has 1 amide bonds. The molecule has 2 aromatic heterocycles. The molecule has 0 bridgehead atoms. The van der Waals surface area contributed by atoms with Crippen molar-refractivity contribution in [2.24, 2.45) is 0 Å². The number of hydrogen-bond acceptors (Lipinski definition) is 7. The molecule has 3 aromatic rings. The first-order valence-electron chi connectivity index (χ1n) is 9.36. The fraction of sp³-hybridized carbons (Fsp3) is 0.286. The summed E-state index contributed by atoms with van der Waals surface area (Å²) in [5.41, 5.74) is 1.93. The van der Waals surface area contributed by atoms with Gasteiger partial charge in [-0.25, -0.2) is 4.98 Å². The van der Waals surface area contributed by atoms with Crippen LogP contribution in [0.2, 0.25) is 0 Å². The Morgan fingerprint density at radius 3 is 2.81 bits per heavy atom. The van der Waals surface area contributed by atoms with Crippen molar-refractivity contribution < 1.29 is 27.6 Å². The van der Waals surface area contributed by atoms with Crippen LogP contribution in [0, 0.1) is 6.92 Å². The Bertz CT molecular complexity index is 1030. The van der Waals surface area contributed by atoms with Crippen molar-refractivity contribution in [2.75, 3.05) is 13.7 Å². The lowest BCUT2D eigenvalue weighted by Gasteiger charge is -2.12. The van der Waals surface area contributed by atoms with Gasteiger partial charge in [0.2, 0.25) is 0 Å². The van der Waals surface area contributed by atoms with Crippen LogP contribution in [0.15, 0.2) is 52.1 Å². The molecule has 1 aromatic carbocycles. The van der Waals surface area contributed by atoms with Crippen LogP contribution in [0.1, 0.15) is 27.4 Å². The third kappa shape index (κ3) is 6.42. The van der Waals surface area contributed by atoms with E-state index in [4.69, 9.17) is 9.26 Å². The zero-order chi connectivity index (χ0) is 22.2. The molecule has 0 unspecified atom stereocenters. The van der Waals surface area contributed by atoms with Crippen molar-refractivity contribution in [3.8, 4) is 11.5 Å². The lowest BCUT2D eigenvalue weighted by atomic mass is 10.1. The minimum absolute atomic E-state index is 0.0460. The summed E-state index contributed by atoms with van der Waals surface area (Å²) in [5, 5.41) is 7.35. The average molecular weight is 449 g/mol. The van der Waals surface area contributed by atoms with Gasteiger partial charge in [-0.3, -0.25) is 4.79 Å². The van der Waals surface area contributed by atoms with Crippen molar-refractivity contribution in [3.05, 3.63) is 65.2 Å². The SMILES string of the molecule is COc1ccc(CCNC(=O)c2cccnc2SCc2cc(C)on2)cc1OC(F)F. The highest BCUT2D eigenvalue weighted by atomic mass is 32.2. The molecular formula is C21H21F2N3O4S. The topological polar surface area (TPSA) is 86.5 Å². The maximum Gasteiger partial charge on any atom is 0.387 e. The fourth-order valence-electron chi connectivity index (χ4n) is 2.79. The van der Waals surface area contributed by atoms with Crippen LogP contribution < -0.4 is 14.8 Å². The smallest absolute Gasteiger partial charge is 0.387 e. The highest BCUT2D eigenvalue weighted by Gasteiger charge is 2.14. The van der Waals surface area contributed by atoms with E-state index in [0.717, 1.165) is 17.0 Å². The number of aryl methyl sites for hydroxylation is 1. The summed E-state index contributed by atoms with van der Waals surface area (Å²) in [4.78, 5) is 16.9. The minimum Gasteiger partial charge on any atom is -0.493 e. The van der Waals surface area contributed by atoms with E-state index in [9.17, 15) is 13.6 Å². The number of alkyl halides is 2. The van der Waals surface area contributed by atoms with E-state index in [-0.39, 0.29) is 17.4 Å². The summed E-state index contributed by atoms with van der Waals surface area (Å²) in [6.45, 7) is -0.834. The van der Waals surface area contributed by atoms with E-state index in [1.165, 1.54) is 24.9 Å². The maximum absolute atomic E-state index is 12.6. The number of halogens is 2. The van der Waals surface area contributed by atoms with Crippen LogP contribution in [0.5, 0.6) is 11.5 Å². The summed E-state index contributed by atoms with van der Waals surface area (Å²) in [7, 11) is 1.38. The lowest BCUT2D eigenvalue weighted by molar-refractivity contribution is -0.0512. The van der Waals surface area contributed by atoms with E-state index in [0.29, 0.717) is 29.3 Å². The molecule has 0 aliphatic carbocycles. The first kappa shape index (κ1) is 22.5. The molecule has 0 fully saturated rings. The Labute approximate surface area is 182 Å². The molecule has 1 N–H and O–H groups in total. The summed E-state index contributed by atoms with van der Waals surface area (Å²) in [6.07, 6.45) is 2.05. The van der Waals surface area contributed by atoms with Gasteiger partial charge >= 0.3 is 6.61 Å². The molecule has 0 atom stereocenters. The summed E-state index contributed by atoms with van der Waals surface area (Å²) < 4.78 is 39.7. The number of methoxy groups -OCH3 is 1. The van der Waals surface area contributed by atoms with Crippen LogP contribution in [0.4, 0.5) is 8.78 Å². The van der Waals surface area contributed by atoms with E-state index in [1.54, 1.807) is 30.5 Å². The third-order valence-corrected chi connectivity index (χ3v) is 5.23. The van der Waals surface area contributed by atoms with Crippen molar-refractivity contribution in [3.63, 3.8) is 0 Å². The zero-order valence-corrected chi connectivity index (χ0v) is 17.7. The highest BCUT2D eigenvalue weighted by Crippen LogP contribution is 2.29. The molecule has 0 aliphatic heterocycles. The molecule has 0 spiro atoms. The molecular weight excluding hydrogens is 428 g/mol. The van der Waals surface area contributed by atoms with Gasteiger partial charge in [0.1, 0.15) is 10.8 Å².